The Morgan fingerprint density at radius 2 is 1.81 bits per heavy atom. The summed E-state index contributed by atoms with van der Waals surface area (Å²) in [6.45, 7) is 11.5. The van der Waals surface area contributed by atoms with E-state index in [-0.39, 0.29) is 28.7 Å². The van der Waals surface area contributed by atoms with Crippen LogP contribution in [0.4, 0.5) is 5.69 Å². The van der Waals surface area contributed by atoms with Gasteiger partial charge >= 0.3 is 0 Å². The highest BCUT2D eigenvalue weighted by Gasteiger charge is 2.21. The molecule has 2 N–H and O–H groups in total. The number of pyridine rings is 1. The summed E-state index contributed by atoms with van der Waals surface area (Å²) in [6, 6.07) is 10.5. The highest BCUT2D eigenvalue weighted by atomic mass is 35.5. The van der Waals surface area contributed by atoms with Crippen LogP contribution < -0.4 is 10.7 Å². The van der Waals surface area contributed by atoms with Crippen molar-refractivity contribution in [2.24, 2.45) is 0 Å². The minimum Gasteiger partial charge on any atom is -0.507 e. The van der Waals surface area contributed by atoms with Gasteiger partial charge in [0.15, 0.2) is 11.7 Å². The molecule has 0 amide bonds. The van der Waals surface area contributed by atoms with Gasteiger partial charge in [0.2, 0.25) is 0 Å². The summed E-state index contributed by atoms with van der Waals surface area (Å²) in [6.07, 6.45) is 0.612. The van der Waals surface area contributed by atoms with Crippen LogP contribution in [0, 0.1) is 20.8 Å². The number of phenols is 1. The molecule has 4 aromatic rings. The summed E-state index contributed by atoms with van der Waals surface area (Å²) >= 11 is 6.24. The molecule has 1 unspecified atom stereocenters. The fourth-order valence-corrected chi connectivity index (χ4v) is 4.72. The molecule has 0 aliphatic rings. The summed E-state index contributed by atoms with van der Waals surface area (Å²) in [5.74, 6) is 0.687. The molecule has 0 saturated carbocycles. The fraction of sp³-hybridized carbons (Fsp3) is 0.276. The third kappa shape index (κ3) is 4.61. The molecule has 0 spiro atoms. The molecule has 6 nitrogen and oxygen atoms in total. The van der Waals surface area contributed by atoms with Crippen LogP contribution in [0.3, 0.4) is 0 Å². The number of halogens is 1. The monoisotopic (exact) mass is 504 g/mol. The molecule has 4 rings (SSSR count). The highest BCUT2D eigenvalue weighted by Crippen LogP contribution is 2.36. The van der Waals surface area contributed by atoms with Gasteiger partial charge in [-0.1, -0.05) is 31.5 Å². The minimum absolute atomic E-state index is 0.0214. The molecule has 1 atom stereocenters. The maximum atomic E-state index is 13.2. The van der Waals surface area contributed by atoms with E-state index in [1.165, 1.54) is 0 Å². The van der Waals surface area contributed by atoms with Crippen LogP contribution in [0.2, 0.25) is 5.15 Å². The van der Waals surface area contributed by atoms with Gasteiger partial charge in [-0.25, -0.2) is 4.98 Å². The minimum atomic E-state index is -0.260. The fourth-order valence-electron chi connectivity index (χ4n) is 4.57. The van der Waals surface area contributed by atoms with E-state index < -0.39 is 0 Å². The quantitative estimate of drug-likeness (QED) is 0.212. The van der Waals surface area contributed by atoms with Crippen molar-refractivity contribution in [2.45, 2.75) is 53.5 Å². The third-order valence-electron chi connectivity index (χ3n) is 6.38. The van der Waals surface area contributed by atoms with Gasteiger partial charge in [0.25, 0.3) is 0 Å². The average Bonchev–Trinajstić information content (AvgIpc) is 2.83. The van der Waals surface area contributed by atoms with E-state index in [2.05, 4.69) is 10.3 Å². The number of rotatable bonds is 6. The van der Waals surface area contributed by atoms with E-state index in [1.54, 1.807) is 25.1 Å². The smallest absolute Gasteiger partial charge is 0.195 e. The second-order valence-electron chi connectivity index (χ2n) is 9.55. The van der Waals surface area contributed by atoms with Crippen molar-refractivity contribution in [3.63, 3.8) is 0 Å². The summed E-state index contributed by atoms with van der Waals surface area (Å²) in [4.78, 5) is 29.2. The van der Waals surface area contributed by atoms with Gasteiger partial charge in [0.1, 0.15) is 22.2 Å². The molecule has 2 aromatic carbocycles. The number of hydrogen-bond acceptors (Lipinski definition) is 6. The Labute approximate surface area is 215 Å². The lowest BCUT2D eigenvalue weighted by Gasteiger charge is -2.21. The SMILES string of the molecule is Cc1cc(C(C)Nc2ccc(Cl)nc2-c2cc(C)c(O)c(C=O)c2)c2oc(C(C)C)c(C)c(=O)c2c1. The lowest BCUT2D eigenvalue weighted by molar-refractivity contribution is 0.112. The lowest BCUT2D eigenvalue weighted by Crippen LogP contribution is -2.14. The molecule has 186 valence electrons. The molecule has 2 heterocycles. The molecular weight excluding hydrogens is 476 g/mol. The maximum Gasteiger partial charge on any atom is 0.195 e. The number of carbonyl (C=O) groups excluding carboxylic acids is 1. The van der Waals surface area contributed by atoms with E-state index in [0.29, 0.717) is 56.2 Å². The molecule has 0 bridgehead atoms. The predicted octanol–water partition coefficient (Wildman–Crippen LogP) is 7.25. The highest BCUT2D eigenvalue weighted by molar-refractivity contribution is 6.29. The van der Waals surface area contributed by atoms with E-state index in [4.69, 9.17) is 16.0 Å². The van der Waals surface area contributed by atoms with Gasteiger partial charge in [0, 0.05) is 22.6 Å². The number of fused-ring (bicyclic) bond motifs is 1. The number of aldehydes is 1. The van der Waals surface area contributed by atoms with Crippen molar-refractivity contribution in [3.05, 3.63) is 85.4 Å². The maximum absolute atomic E-state index is 13.2. The van der Waals surface area contributed by atoms with Gasteiger partial charge in [-0.05, 0) is 69.2 Å². The molecule has 0 aliphatic heterocycles. The normalized spacial score (nSPS) is 12.2. The first-order valence-electron chi connectivity index (χ1n) is 11.8. The molecule has 2 aromatic heterocycles. The van der Waals surface area contributed by atoms with Crippen LogP contribution in [-0.4, -0.2) is 16.4 Å². The Morgan fingerprint density at radius 1 is 1.08 bits per heavy atom. The summed E-state index contributed by atoms with van der Waals surface area (Å²) < 4.78 is 6.33. The second-order valence-corrected chi connectivity index (χ2v) is 9.94. The van der Waals surface area contributed by atoms with Gasteiger partial charge in [-0.3, -0.25) is 9.59 Å². The number of nitrogens with one attached hydrogen (secondary N) is 1. The van der Waals surface area contributed by atoms with Crippen molar-refractivity contribution in [3.8, 4) is 17.0 Å². The van der Waals surface area contributed by atoms with Crippen LogP contribution >= 0.6 is 11.6 Å². The first kappa shape index (κ1) is 25.5. The van der Waals surface area contributed by atoms with Crippen molar-refractivity contribution in [2.75, 3.05) is 5.32 Å². The van der Waals surface area contributed by atoms with Gasteiger partial charge in [-0.2, -0.15) is 0 Å². The topological polar surface area (TPSA) is 92.4 Å². The standard InChI is InChI=1S/C29H29ClN2O4/c1-14(2)28-17(5)27(35)22-10-15(3)9-21(29(22)36-28)18(6)31-23-7-8-24(30)32-25(23)19-11-16(4)26(34)20(12-19)13-33/h7-14,18,31,34H,1-6H3. The number of anilines is 1. The first-order chi connectivity index (χ1) is 17.0. The number of aromatic hydroxyl groups is 1. The van der Waals surface area contributed by atoms with Crippen molar-refractivity contribution in [1.29, 1.82) is 0 Å². The third-order valence-corrected chi connectivity index (χ3v) is 6.59. The van der Waals surface area contributed by atoms with Crippen LogP contribution in [0.5, 0.6) is 5.75 Å². The number of nitrogens with zero attached hydrogens (tertiary/aromatic N) is 1. The van der Waals surface area contributed by atoms with E-state index in [0.717, 1.165) is 11.1 Å². The molecule has 0 aliphatic carbocycles. The van der Waals surface area contributed by atoms with Crippen molar-refractivity contribution in [1.82, 2.24) is 4.98 Å². The Balaban J connectivity index is 1.86. The predicted molar refractivity (Wildman–Crippen MR) is 145 cm³/mol. The number of aromatic nitrogens is 1. The lowest BCUT2D eigenvalue weighted by atomic mass is 9.97. The number of aryl methyl sites for hydroxylation is 2. The van der Waals surface area contributed by atoms with Gasteiger partial charge in [-0.15, -0.1) is 0 Å². The van der Waals surface area contributed by atoms with E-state index in [1.807, 2.05) is 52.8 Å². The first-order valence-corrected chi connectivity index (χ1v) is 12.2. The molecule has 0 fully saturated rings. The summed E-state index contributed by atoms with van der Waals surface area (Å²) in [5.41, 5.74) is 5.57. The zero-order valence-corrected chi connectivity index (χ0v) is 21.9. The van der Waals surface area contributed by atoms with Crippen molar-refractivity contribution < 1.29 is 14.3 Å². The van der Waals surface area contributed by atoms with Crippen LogP contribution in [0.15, 0.2) is 45.6 Å². The van der Waals surface area contributed by atoms with Gasteiger partial charge in [0.05, 0.1) is 28.4 Å². The molecular formula is C29H29ClN2O4. The number of carbonyl (C=O) groups is 1. The number of hydrogen-bond donors (Lipinski definition) is 2. The number of phenolic OH excluding ortho intramolecular Hbond substituents is 1. The molecule has 7 heteroatoms. The van der Waals surface area contributed by atoms with E-state index >= 15 is 0 Å². The Morgan fingerprint density at radius 3 is 2.47 bits per heavy atom. The number of benzene rings is 2. The average molecular weight is 505 g/mol. The van der Waals surface area contributed by atoms with E-state index in [9.17, 15) is 14.7 Å². The van der Waals surface area contributed by atoms with Crippen LogP contribution in [-0.2, 0) is 0 Å². The van der Waals surface area contributed by atoms with Gasteiger partial charge < -0.3 is 14.8 Å². The Kier molecular flexibility index (Phi) is 6.92. The van der Waals surface area contributed by atoms with Crippen LogP contribution in [0.1, 0.15) is 71.1 Å². The van der Waals surface area contributed by atoms with Crippen molar-refractivity contribution >= 4 is 34.5 Å². The summed E-state index contributed by atoms with van der Waals surface area (Å²) in [7, 11) is 0. The molecule has 0 radical (unpaired) electrons. The largest absolute Gasteiger partial charge is 0.507 e. The second kappa shape index (κ2) is 9.78. The Hall–Kier alpha value is -3.64. The molecule has 0 saturated heterocycles. The molecule has 36 heavy (non-hydrogen) atoms. The van der Waals surface area contributed by atoms with Crippen LogP contribution in [0.25, 0.3) is 22.2 Å². The Bertz CT molecular complexity index is 1560. The summed E-state index contributed by atoms with van der Waals surface area (Å²) in [5, 5.41) is 14.5. The zero-order chi connectivity index (χ0) is 26.3. The zero-order valence-electron chi connectivity index (χ0n) is 21.2.